The second-order valence-corrected chi connectivity index (χ2v) is 5.95. The molecule has 0 bridgehead atoms. The highest BCUT2D eigenvalue weighted by atomic mass is 32.2. The number of nitrogens with zero attached hydrogens (tertiary/aromatic N) is 5. The highest BCUT2D eigenvalue weighted by Gasteiger charge is 2.22. The maximum Gasteiger partial charge on any atom is 0.233 e. The second kappa shape index (κ2) is 6.93. The van der Waals surface area contributed by atoms with Gasteiger partial charge in [-0.05, 0) is 29.5 Å². The van der Waals surface area contributed by atoms with E-state index in [9.17, 15) is 4.79 Å². The van der Waals surface area contributed by atoms with Gasteiger partial charge in [-0.3, -0.25) is 4.79 Å². The van der Waals surface area contributed by atoms with Gasteiger partial charge in [-0.25, -0.2) is 4.68 Å². The fraction of sp³-hybridized carbons (Fsp3) is 0.538. The van der Waals surface area contributed by atoms with Crippen LogP contribution in [0.4, 0.5) is 0 Å². The summed E-state index contributed by atoms with van der Waals surface area (Å²) >= 11 is 1.33. The summed E-state index contributed by atoms with van der Waals surface area (Å²) in [6.45, 7) is 4.28. The molecule has 1 aliphatic heterocycles. The van der Waals surface area contributed by atoms with Gasteiger partial charge in [0.05, 0.1) is 24.7 Å². The zero-order chi connectivity index (χ0) is 15.4. The first kappa shape index (κ1) is 15.0. The van der Waals surface area contributed by atoms with Crippen LogP contribution in [0.15, 0.2) is 28.0 Å². The number of thioether (sulfide) groups is 1. The average molecular weight is 323 g/mol. The smallest absolute Gasteiger partial charge is 0.233 e. The summed E-state index contributed by atoms with van der Waals surface area (Å²) in [5.41, 5.74) is 0. The third kappa shape index (κ3) is 3.66. The maximum atomic E-state index is 12.2. The number of aromatic nitrogens is 4. The van der Waals surface area contributed by atoms with E-state index < -0.39 is 0 Å². The summed E-state index contributed by atoms with van der Waals surface area (Å²) in [6.07, 6.45) is 1.70. The quantitative estimate of drug-likeness (QED) is 0.747. The van der Waals surface area contributed by atoms with Gasteiger partial charge in [-0.1, -0.05) is 11.8 Å². The van der Waals surface area contributed by atoms with Crippen molar-refractivity contribution in [2.24, 2.45) is 0 Å². The number of hydrogen-bond donors (Lipinski definition) is 0. The maximum absolute atomic E-state index is 12.2. The SMILES string of the molecule is CC1CN(C(=O)CSc2nnnn2Cc2ccco2)CCO1. The molecule has 22 heavy (non-hydrogen) atoms. The molecule has 2 aromatic heterocycles. The Morgan fingerprint density at radius 1 is 1.55 bits per heavy atom. The van der Waals surface area contributed by atoms with Crippen molar-refractivity contribution in [1.82, 2.24) is 25.1 Å². The second-order valence-electron chi connectivity index (χ2n) is 5.01. The van der Waals surface area contributed by atoms with Gasteiger partial charge < -0.3 is 14.1 Å². The third-order valence-corrected chi connectivity index (χ3v) is 4.25. The van der Waals surface area contributed by atoms with Gasteiger partial charge >= 0.3 is 0 Å². The number of carbonyl (C=O) groups is 1. The molecule has 0 aromatic carbocycles. The van der Waals surface area contributed by atoms with Crippen molar-refractivity contribution >= 4 is 17.7 Å². The molecule has 118 valence electrons. The predicted octanol–water partition coefficient (Wildman–Crippen LogP) is 0.654. The minimum absolute atomic E-state index is 0.0766. The Balaban J connectivity index is 1.55. The van der Waals surface area contributed by atoms with Crippen LogP contribution in [0.5, 0.6) is 0 Å². The van der Waals surface area contributed by atoms with Crippen LogP contribution in [0.25, 0.3) is 0 Å². The molecule has 1 atom stereocenters. The molecular weight excluding hydrogens is 306 g/mol. The van der Waals surface area contributed by atoms with E-state index in [0.29, 0.717) is 37.2 Å². The molecule has 1 amide bonds. The Morgan fingerprint density at radius 3 is 3.23 bits per heavy atom. The average Bonchev–Trinajstić information content (AvgIpc) is 3.17. The fourth-order valence-electron chi connectivity index (χ4n) is 2.21. The normalized spacial score (nSPS) is 18.6. The van der Waals surface area contributed by atoms with Gasteiger partial charge in [0.1, 0.15) is 12.3 Å². The summed E-state index contributed by atoms with van der Waals surface area (Å²) in [6, 6.07) is 3.67. The van der Waals surface area contributed by atoms with Crippen LogP contribution in [0.3, 0.4) is 0 Å². The van der Waals surface area contributed by atoms with Crippen LogP contribution in [0.1, 0.15) is 12.7 Å². The number of furan rings is 1. The number of amides is 1. The Bertz CT molecular complexity index is 615. The number of carbonyl (C=O) groups excluding carboxylic acids is 1. The zero-order valence-electron chi connectivity index (χ0n) is 12.2. The van der Waals surface area contributed by atoms with Crippen LogP contribution < -0.4 is 0 Å². The Morgan fingerprint density at radius 2 is 2.45 bits per heavy atom. The highest BCUT2D eigenvalue weighted by molar-refractivity contribution is 7.99. The number of tetrazole rings is 1. The highest BCUT2D eigenvalue weighted by Crippen LogP contribution is 2.17. The molecule has 8 nitrogen and oxygen atoms in total. The first-order chi connectivity index (χ1) is 10.7. The van der Waals surface area contributed by atoms with Gasteiger partial charge in [-0.2, -0.15) is 0 Å². The van der Waals surface area contributed by atoms with Crippen LogP contribution in [0.2, 0.25) is 0 Å². The molecule has 3 heterocycles. The summed E-state index contributed by atoms with van der Waals surface area (Å²) in [4.78, 5) is 14.0. The Hall–Kier alpha value is -1.87. The molecule has 9 heteroatoms. The van der Waals surface area contributed by atoms with Gasteiger partial charge in [0.2, 0.25) is 11.1 Å². The number of rotatable bonds is 5. The monoisotopic (exact) mass is 323 g/mol. The van der Waals surface area contributed by atoms with Crippen molar-refractivity contribution < 1.29 is 13.9 Å². The molecule has 0 saturated carbocycles. The van der Waals surface area contributed by atoms with Crippen molar-refractivity contribution in [2.75, 3.05) is 25.4 Å². The lowest BCUT2D eigenvalue weighted by Gasteiger charge is -2.31. The first-order valence-electron chi connectivity index (χ1n) is 7.03. The number of morpholine rings is 1. The standard InChI is InChI=1S/C13H17N5O3S/c1-10-7-17(4-6-20-10)12(19)9-22-13-14-15-16-18(13)8-11-3-2-5-21-11/h2-3,5,10H,4,6-9H2,1H3. The predicted molar refractivity (Wildman–Crippen MR) is 78.3 cm³/mol. The van der Waals surface area contributed by atoms with Crippen LogP contribution in [0, 0.1) is 0 Å². The number of hydrogen-bond acceptors (Lipinski definition) is 7. The van der Waals surface area contributed by atoms with Gasteiger partial charge in [0.15, 0.2) is 0 Å². The third-order valence-electron chi connectivity index (χ3n) is 3.30. The molecule has 1 unspecified atom stereocenters. The molecule has 1 fully saturated rings. The largest absolute Gasteiger partial charge is 0.467 e. The van der Waals surface area contributed by atoms with E-state index in [4.69, 9.17) is 9.15 Å². The van der Waals surface area contributed by atoms with Crippen molar-refractivity contribution in [3.8, 4) is 0 Å². The molecule has 0 spiro atoms. The summed E-state index contributed by atoms with van der Waals surface area (Å²) < 4.78 is 12.3. The van der Waals surface area contributed by atoms with Gasteiger partial charge in [0, 0.05) is 13.1 Å². The van der Waals surface area contributed by atoms with E-state index in [1.165, 1.54) is 11.8 Å². The molecule has 1 aliphatic rings. The first-order valence-corrected chi connectivity index (χ1v) is 8.01. The van der Waals surface area contributed by atoms with Crippen molar-refractivity contribution in [3.05, 3.63) is 24.2 Å². The van der Waals surface area contributed by atoms with E-state index in [1.807, 2.05) is 24.0 Å². The lowest BCUT2D eigenvalue weighted by atomic mass is 10.3. The summed E-state index contributed by atoms with van der Waals surface area (Å²) in [5.74, 6) is 1.15. The van der Waals surface area contributed by atoms with Gasteiger partial charge in [-0.15, -0.1) is 5.10 Å². The molecule has 0 N–H and O–H groups in total. The van der Waals surface area contributed by atoms with Crippen molar-refractivity contribution in [1.29, 1.82) is 0 Å². The fourth-order valence-corrected chi connectivity index (χ4v) is 2.99. The van der Waals surface area contributed by atoms with E-state index in [0.717, 1.165) is 5.76 Å². The molecule has 3 rings (SSSR count). The van der Waals surface area contributed by atoms with Crippen molar-refractivity contribution in [3.63, 3.8) is 0 Å². The lowest BCUT2D eigenvalue weighted by Crippen LogP contribution is -2.45. The van der Waals surface area contributed by atoms with Gasteiger partial charge in [0.25, 0.3) is 0 Å². The number of ether oxygens (including phenoxy) is 1. The Kier molecular flexibility index (Phi) is 4.74. The lowest BCUT2D eigenvalue weighted by molar-refractivity contribution is -0.135. The van der Waals surface area contributed by atoms with E-state index in [-0.39, 0.29) is 12.0 Å². The van der Waals surface area contributed by atoms with E-state index in [2.05, 4.69) is 15.5 Å². The van der Waals surface area contributed by atoms with E-state index >= 15 is 0 Å². The van der Waals surface area contributed by atoms with Crippen LogP contribution in [-0.2, 0) is 16.1 Å². The molecule has 1 saturated heterocycles. The van der Waals surface area contributed by atoms with Crippen LogP contribution in [-0.4, -0.2) is 62.6 Å². The molecule has 0 radical (unpaired) electrons. The topological polar surface area (TPSA) is 86.3 Å². The Labute approximate surface area is 131 Å². The van der Waals surface area contributed by atoms with E-state index in [1.54, 1.807) is 10.9 Å². The minimum Gasteiger partial charge on any atom is -0.467 e. The molecule has 0 aliphatic carbocycles. The van der Waals surface area contributed by atoms with Crippen LogP contribution >= 0.6 is 11.8 Å². The minimum atomic E-state index is 0.0766. The van der Waals surface area contributed by atoms with Crippen molar-refractivity contribution in [2.45, 2.75) is 24.7 Å². The molecule has 2 aromatic rings. The summed E-state index contributed by atoms with van der Waals surface area (Å²) in [7, 11) is 0. The zero-order valence-corrected chi connectivity index (χ0v) is 13.0. The molecular formula is C13H17N5O3S. The summed E-state index contributed by atoms with van der Waals surface area (Å²) in [5, 5.41) is 12.1.